The van der Waals surface area contributed by atoms with Gasteiger partial charge in [0.1, 0.15) is 5.75 Å². The van der Waals surface area contributed by atoms with Crippen LogP contribution in [-0.4, -0.2) is 37.4 Å². The summed E-state index contributed by atoms with van der Waals surface area (Å²) < 4.78 is 10.1. The number of likely N-dealkylation sites (tertiary alicyclic amines) is 1. The van der Waals surface area contributed by atoms with Gasteiger partial charge >= 0.3 is 5.97 Å². The van der Waals surface area contributed by atoms with E-state index < -0.39 is 5.97 Å². The van der Waals surface area contributed by atoms with Crippen LogP contribution in [0.5, 0.6) is 5.75 Å². The molecule has 5 nitrogen and oxygen atoms in total. The van der Waals surface area contributed by atoms with Crippen molar-refractivity contribution < 1.29 is 19.1 Å². The summed E-state index contributed by atoms with van der Waals surface area (Å²) in [5, 5.41) is 0. The largest absolute Gasteiger partial charge is 0.497 e. The first-order valence-corrected chi connectivity index (χ1v) is 9.39. The third-order valence-electron chi connectivity index (χ3n) is 4.97. The second kappa shape index (κ2) is 9.22. The van der Waals surface area contributed by atoms with Gasteiger partial charge in [-0.1, -0.05) is 30.3 Å². The smallest absolute Gasteiger partial charge is 0.335 e. The van der Waals surface area contributed by atoms with Gasteiger partial charge in [-0.2, -0.15) is 0 Å². The minimum atomic E-state index is -0.433. The molecule has 5 heteroatoms. The average Bonchev–Trinajstić information content (AvgIpc) is 3.19. The Morgan fingerprint density at radius 3 is 2.36 bits per heavy atom. The fraction of sp³-hybridized carbons (Fsp3) is 0.304. The number of Topliss-reactive ketones (excluding diaryl/α,β-unsaturated/α-hetero) is 1. The van der Waals surface area contributed by atoms with Crippen LogP contribution in [0.1, 0.15) is 35.2 Å². The third-order valence-corrected chi connectivity index (χ3v) is 4.97. The number of carbonyl (C=O) groups excluding carboxylic acids is 2. The molecule has 0 aromatic heterocycles. The van der Waals surface area contributed by atoms with Gasteiger partial charge in [0.25, 0.3) is 0 Å². The molecule has 2 aromatic carbocycles. The van der Waals surface area contributed by atoms with E-state index >= 15 is 0 Å². The van der Waals surface area contributed by atoms with Gasteiger partial charge in [0.15, 0.2) is 5.78 Å². The molecular weight excluding hydrogens is 354 g/mol. The first-order valence-electron chi connectivity index (χ1n) is 9.39. The predicted molar refractivity (Wildman–Crippen MR) is 107 cm³/mol. The monoisotopic (exact) mass is 379 g/mol. The lowest BCUT2D eigenvalue weighted by molar-refractivity contribution is -0.136. The lowest BCUT2D eigenvalue weighted by Gasteiger charge is -2.23. The SMILES string of the molecule is COC(=O)/C(CC(=O)c1ccc(OC)cc1)=C1\CCCN1Cc1ccccc1. The fourth-order valence-corrected chi connectivity index (χ4v) is 3.51. The van der Waals surface area contributed by atoms with Crippen molar-refractivity contribution in [2.45, 2.75) is 25.8 Å². The molecule has 1 aliphatic rings. The number of rotatable bonds is 7. The summed E-state index contributed by atoms with van der Waals surface area (Å²) in [4.78, 5) is 27.5. The van der Waals surface area contributed by atoms with E-state index in [-0.39, 0.29) is 12.2 Å². The van der Waals surface area contributed by atoms with Crippen LogP contribution in [0.25, 0.3) is 0 Å². The Balaban J connectivity index is 1.85. The number of hydrogen-bond acceptors (Lipinski definition) is 5. The number of ether oxygens (including phenoxy) is 2. The zero-order valence-electron chi connectivity index (χ0n) is 16.3. The van der Waals surface area contributed by atoms with Gasteiger partial charge < -0.3 is 14.4 Å². The molecule has 146 valence electrons. The molecule has 2 aromatic rings. The Morgan fingerprint density at radius 2 is 1.71 bits per heavy atom. The van der Waals surface area contributed by atoms with Gasteiger partial charge in [-0.25, -0.2) is 4.79 Å². The van der Waals surface area contributed by atoms with Gasteiger partial charge in [-0.3, -0.25) is 4.79 Å². The summed E-state index contributed by atoms with van der Waals surface area (Å²) in [5.41, 5.74) is 3.09. The Hall–Kier alpha value is -3.08. The highest BCUT2D eigenvalue weighted by Gasteiger charge is 2.27. The van der Waals surface area contributed by atoms with Gasteiger partial charge in [-0.15, -0.1) is 0 Å². The molecule has 0 saturated carbocycles. The third kappa shape index (κ3) is 4.60. The highest BCUT2D eigenvalue weighted by molar-refractivity contribution is 6.03. The second-order valence-electron chi connectivity index (χ2n) is 6.76. The van der Waals surface area contributed by atoms with Crippen molar-refractivity contribution in [2.24, 2.45) is 0 Å². The van der Waals surface area contributed by atoms with Crippen LogP contribution in [0, 0.1) is 0 Å². The zero-order chi connectivity index (χ0) is 19.9. The molecule has 3 rings (SSSR count). The summed E-state index contributed by atoms with van der Waals surface area (Å²) in [6.45, 7) is 1.58. The number of esters is 1. The Kier molecular flexibility index (Phi) is 6.48. The molecule has 0 radical (unpaired) electrons. The quantitative estimate of drug-likeness (QED) is 0.414. The van der Waals surface area contributed by atoms with Crippen molar-refractivity contribution in [3.05, 3.63) is 77.0 Å². The van der Waals surface area contributed by atoms with E-state index in [1.807, 2.05) is 18.2 Å². The summed E-state index contributed by atoms with van der Waals surface area (Å²) in [5.74, 6) is 0.145. The van der Waals surface area contributed by atoms with Gasteiger partial charge in [0.05, 0.1) is 19.8 Å². The van der Waals surface area contributed by atoms with Crippen molar-refractivity contribution >= 4 is 11.8 Å². The zero-order valence-corrected chi connectivity index (χ0v) is 16.3. The topological polar surface area (TPSA) is 55.8 Å². The van der Waals surface area contributed by atoms with Crippen molar-refractivity contribution in [2.75, 3.05) is 20.8 Å². The summed E-state index contributed by atoms with van der Waals surface area (Å²) in [6, 6.07) is 17.1. The van der Waals surface area contributed by atoms with E-state index in [2.05, 4.69) is 17.0 Å². The molecular formula is C23H25NO4. The summed E-state index contributed by atoms with van der Waals surface area (Å²) in [6.07, 6.45) is 1.76. The molecule has 1 aliphatic heterocycles. The molecule has 1 heterocycles. The number of carbonyl (C=O) groups is 2. The molecule has 28 heavy (non-hydrogen) atoms. The minimum absolute atomic E-state index is 0.0274. The van der Waals surface area contributed by atoms with Crippen LogP contribution in [0.3, 0.4) is 0 Å². The molecule has 0 atom stereocenters. The van der Waals surface area contributed by atoms with Crippen LogP contribution in [0.15, 0.2) is 65.9 Å². The lowest BCUT2D eigenvalue weighted by atomic mass is 10.00. The average molecular weight is 379 g/mol. The van der Waals surface area contributed by atoms with E-state index in [1.165, 1.54) is 12.7 Å². The lowest BCUT2D eigenvalue weighted by Crippen LogP contribution is -2.22. The van der Waals surface area contributed by atoms with Crippen LogP contribution in [-0.2, 0) is 16.1 Å². The maximum absolute atomic E-state index is 12.8. The minimum Gasteiger partial charge on any atom is -0.497 e. The Morgan fingerprint density at radius 1 is 1.00 bits per heavy atom. The van der Waals surface area contributed by atoms with Crippen LogP contribution in [0.2, 0.25) is 0 Å². The van der Waals surface area contributed by atoms with Gasteiger partial charge in [0.2, 0.25) is 0 Å². The van der Waals surface area contributed by atoms with E-state index in [1.54, 1.807) is 31.4 Å². The van der Waals surface area contributed by atoms with Crippen molar-refractivity contribution in [3.8, 4) is 5.75 Å². The maximum Gasteiger partial charge on any atom is 0.335 e. The van der Waals surface area contributed by atoms with Crippen molar-refractivity contribution in [1.29, 1.82) is 0 Å². The molecule has 0 spiro atoms. The van der Waals surface area contributed by atoms with Crippen LogP contribution < -0.4 is 4.74 Å². The normalized spacial score (nSPS) is 15.3. The van der Waals surface area contributed by atoms with E-state index in [0.717, 1.165) is 25.1 Å². The number of allylic oxidation sites excluding steroid dienone is 1. The Bertz CT molecular complexity index is 856. The molecule has 1 saturated heterocycles. The van der Waals surface area contributed by atoms with Crippen LogP contribution in [0.4, 0.5) is 0 Å². The molecule has 0 amide bonds. The predicted octanol–water partition coefficient (Wildman–Crippen LogP) is 3.99. The number of benzene rings is 2. The highest BCUT2D eigenvalue weighted by Crippen LogP contribution is 2.29. The summed E-state index contributed by atoms with van der Waals surface area (Å²) in [7, 11) is 2.94. The van der Waals surface area contributed by atoms with Gasteiger partial charge in [0, 0.05) is 30.8 Å². The van der Waals surface area contributed by atoms with Crippen molar-refractivity contribution in [1.82, 2.24) is 4.90 Å². The van der Waals surface area contributed by atoms with E-state index in [4.69, 9.17) is 9.47 Å². The van der Waals surface area contributed by atoms with Crippen LogP contribution >= 0.6 is 0 Å². The fourth-order valence-electron chi connectivity index (χ4n) is 3.51. The van der Waals surface area contributed by atoms with Gasteiger partial charge in [-0.05, 0) is 42.7 Å². The number of nitrogens with zero attached hydrogens (tertiary/aromatic N) is 1. The highest BCUT2D eigenvalue weighted by atomic mass is 16.5. The molecule has 0 aliphatic carbocycles. The van der Waals surface area contributed by atoms with Crippen molar-refractivity contribution in [3.63, 3.8) is 0 Å². The first-order chi connectivity index (χ1) is 13.6. The maximum atomic E-state index is 12.8. The molecule has 0 unspecified atom stereocenters. The molecule has 1 fully saturated rings. The van der Waals surface area contributed by atoms with E-state index in [9.17, 15) is 9.59 Å². The number of ketones is 1. The first kappa shape index (κ1) is 19.7. The number of methoxy groups -OCH3 is 2. The number of hydrogen-bond donors (Lipinski definition) is 0. The Labute approximate surface area is 165 Å². The molecule has 0 N–H and O–H groups in total. The second-order valence-corrected chi connectivity index (χ2v) is 6.76. The van der Waals surface area contributed by atoms with E-state index in [0.29, 0.717) is 23.4 Å². The molecule has 0 bridgehead atoms. The summed E-state index contributed by atoms with van der Waals surface area (Å²) >= 11 is 0. The standard InChI is InChI=1S/C23H25NO4/c1-27-19-12-10-18(11-13-19)22(25)15-20(23(26)28-2)21-9-6-14-24(21)16-17-7-4-3-5-8-17/h3-5,7-8,10-13H,6,9,14-16H2,1-2H3/b21-20+.